The van der Waals surface area contributed by atoms with E-state index < -0.39 is 0 Å². The molecule has 0 radical (unpaired) electrons. The third-order valence-corrected chi connectivity index (χ3v) is 5.11. The second-order valence-electron chi connectivity index (χ2n) is 7.16. The van der Waals surface area contributed by atoms with Crippen LogP contribution in [0.4, 0.5) is 5.13 Å². The van der Waals surface area contributed by atoms with Gasteiger partial charge in [-0.1, -0.05) is 27.7 Å². The van der Waals surface area contributed by atoms with Gasteiger partial charge in [0.1, 0.15) is 0 Å². The molecule has 1 aromatic heterocycles. The Morgan fingerprint density at radius 3 is 2.64 bits per heavy atom. The maximum absolute atomic E-state index is 12.5. The summed E-state index contributed by atoms with van der Waals surface area (Å²) in [5.74, 6) is -0.0928. The molecule has 1 fully saturated rings. The molecule has 25 heavy (non-hydrogen) atoms. The van der Waals surface area contributed by atoms with Crippen LogP contribution in [0.3, 0.4) is 0 Å². The van der Waals surface area contributed by atoms with Gasteiger partial charge in [0.05, 0.1) is 12.1 Å². The predicted molar refractivity (Wildman–Crippen MR) is 107 cm³/mol. The molecule has 1 aliphatic rings. The number of nitrogens with zero attached hydrogens (tertiary/aromatic N) is 2. The van der Waals surface area contributed by atoms with Crippen LogP contribution in [0.25, 0.3) is 0 Å². The molecule has 1 saturated heterocycles. The fourth-order valence-corrected chi connectivity index (χ4v) is 3.26. The lowest BCUT2D eigenvalue weighted by Gasteiger charge is -2.42. The molecule has 0 aliphatic carbocycles. The molecular formula is C16H28Cl2N4O2S. The lowest BCUT2D eigenvalue weighted by atomic mass is 9.79. The van der Waals surface area contributed by atoms with E-state index in [2.05, 4.69) is 24.1 Å². The van der Waals surface area contributed by atoms with Crippen molar-refractivity contribution in [1.29, 1.82) is 0 Å². The van der Waals surface area contributed by atoms with E-state index >= 15 is 0 Å². The molecule has 3 N–H and O–H groups in total. The smallest absolute Gasteiger partial charge is 0.228 e. The SMILES string of the molecule is CC(C)C(=O)Nc1nc(CC(=O)N2CCC(N)C(C)(C)C2)cs1.Cl.Cl. The maximum Gasteiger partial charge on any atom is 0.228 e. The van der Waals surface area contributed by atoms with Crippen molar-refractivity contribution in [1.82, 2.24) is 9.88 Å². The zero-order valence-corrected chi connectivity index (χ0v) is 17.5. The average molecular weight is 411 g/mol. The number of rotatable bonds is 4. The van der Waals surface area contributed by atoms with Crippen molar-refractivity contribution in [3.63, 3.8) is 0 Å². The number of aromatic nitrogens is 1. The molecule has 2 rings (SSSR count). The standard InChI is InChI=1S/C16H26N4O2S.2ClH/c1-10(2)14(22)19-15-18-11(8-23-15)7-13(21)20-6-5-12(17)16(3,4)9-20;;/h8,10,12H,5-7,9,17H2,1-4H3,(H,18,19,22);2*1H. The van der Waals surface area contributed by atoms with Crippen molar-refractivity contribution >= 4 is 53.1 Å². The van der Waals surface area contributed by atoms with E-state index in [0.717, 1.165) is 6.42 Å². The lowest BCUT2D eigenvalue weighted by molar-refractivity contribution is -0.133. The van der Waals surface area contributed by atoms with E-state index in [4.69, 9.17) is 5.73 Å². The Kier molecular flexibility index (Phi) is 9.36. The summed E-state index contributed by atoms with van der Waals surface area (Å²) in [7, 11) is 0. The van der Waals surface area contributed by atoms with Gasteiger partial charge in [0.2, 0.25) is 11.8 Å². The van der Waals surface area contributed by atoms with Crippen LogP contribution >= 0.6 is 36.2 Å². The number of amides is 2. The van der Waals surface area contributed by atoms with E-state index in [0.29, 0.717) is 23.9 Å². The number of carbonyl (C=O) groups excluding carboxylic acids is 2. The molecular weight excluding hydrogens is 383 g/mol. The van der Waals surface area contributed by atoms with Crippen LogP contribution in [0.2, 0.25) is 0 Å². The third-order valence-electron chi connectivity index (χ3n) is 4.30. The highest BCUT2D eigenvalue weighted by molar-refractivity contribution is 7.13. The Morgan fingerprint density at radius 2 is 2.08 bits per heavy atom. The van der Waals surface area contributed by atoms with Gasteiger partial charge in [0.25, 0.3) is 0 Å². The minimum atomic E-state index is -0.0937. The summed E-state index contributed by atoms with van der Waals surface area (Å²) < 4.78 is 0. The normalized spacial score (nSPS) is 19.0. The maximum atomic E-state index is 12.5. The number of hydrogen-bond donors (Lipinski definition) is 2. The molecule has 6 nitrogen and oxygen atoms in total. The van der Waals surface area contributed by atoms with Gasteiger partial charge in [-0.25, -0.2) is 4.98 Å². The molecule has 144 valence electrons. The van der Waals surface area contributed by atoms with E-state index in [1.165, 1.54) is 11.3 Å². The Labute approximate surface area is 165 Å². The van der Waals surface area contributed by atoms with Gasteiger partial charge in [-0.15, -0.1) is 36.2 Å². The summed E-state index contributed by atoms with van der Waals surface area (Å²) >= 11 is 1.35. The number of nitrogens with two attached hydrogens (primary N) is 1. The van der Waals surface area contributed by atoms with E-state index in [1.807, 2.05) is 24.1 Å². The number of hydrogen-bond acceptors (Lipinski definition) is 5. The first-order chi connectivity index (χ1) is 10.7. The van der Waals surface area contributed by atoms with Gasteiger partial charge in [-0.05, 0) is 11.8 Å². The fourth-order valence-electron chi connectivity index (χ4n) is 2.55. The number of piperidine rings is 1. The summed E-state index contributed by atoms with van der Waals surface area (Å²) in [4.78, 5) is 30.3. The Morgan fingerprint density at radius 1 is 1.44 bits per heavy atom. The van der Waals surface area contributed by atoms with Crippen molar-refractivity contribution in [3.8, 4) is 0 Å². The molecule has 0 aromatic carbocycles. The van der Waals surface area contributed by atoms with Gasteiger partial charge < -0.3 is 16.0 Å². The Hall–Kier alpha value is -0.890. The first-order valence-electron chi connectivity index (χ1n) is 7.97. The summed E-state index contributed by atoms with van der Waals surface area (Å²) in [6, 6.07) is 0.128. The first kappa shape index (κ1) is 24.1. The monoisotopic (exact) mass is 410 g/mol. The van der Waals surface area contributed by atoms with Gasteiger partial charge in [-0.2, -0.15) is 0 Å². The van der Waals surface area contributed by atoms with Gasteiger partial charge in [0.15, 0.2) is 5.13 Å². The Balaban J connectivity index is 0.00000288. The van der Waals surface area contributed by atoms with Crippen LogP contribution in [0, 0.1) is 11.3 Å². The number of likely N-dealkylation sites (tertiary alicyclic amines) is 1. The second-order valence-corrected chi connectivity index (χ2v) is 8.02. The minimum Gasteiger partial charge on any atom is -0.342 e. The van der Waals surface area contributed by atoms with Gasteiger partial charge in [-0.3, -0.25) is 9.59 Å². The summed E-state index contributed by atoms with van der Waals surface area (Å²) in [5.41, 5.74) is 6.75. The van der Waals surface area contributed by atoms with Gasteiger partial charge >= 0.3 is 0 Å². The highest BCUT2D eigenvalue weighted by Crippen LogP contribution is 2.28. The molecule has 0 spiro atoms. The number of carbonyl (C=O) groups is 2. The van der Waals surface area contributed by atoms with Crippen molar-refractivity contribution in [2.45, 2.75) is 46.6 Å². The predicted octanol–water partition coefficient (Wildman–Crippen LogP) is 2.71. The van der Waals surface area contributed by atoms with Crippen LogP contribution in [0.15, 0.2) is 5.38 Å². The van der Waals surface area contributed by atoms with Crippen LogP contribution < -0.4 is 11.1 Å². The van der Waals surface area contributed by atoms with Crippen molar-refractivity contribution in [2.75, 3.05) is 18.4 Å². The zero-order chi connectivity index (χ0) is 17.2. The summed E-state index contributed by atoms with van der Waals surface area (Å²) in [5, 5.41) is 5.14. The van der Waals surface area contributed by atoms with Gasteiger partial charge in [0, 0.05) is 30.4 Å². The Bertz CT molecular complexity index is 592. The van der Waals surface area contributed by atoms with Crippen LogP contribution in [-0.2, 0) is 16.0 Å². The lowest BCUT2D eigenvalue weighted by Crippen LogP contribution is -2.54. The summed E-state index contributed by atoms with van der Waals surface area (Å²) in [6.45, 7) is 9.23. The van der Waals surface area contributed by atoms with Crippen LogP contribution in [0.5, 0.6) is 0 Å². The van der Waals surface area contributed by atoms with E-state index in [1.54, 1.807) is 0 Å². The van der Waals surface area contributed by atoms with E-state index in [9.17, 15) is 9.59 Å². The van der Waals surface area contributed by atoms with Crippen molar-refractivity contribution in [3.05, 3.63) is 11.1 Å². The molecule has 1 aromatic rings. The van der Waals surface area contributed by atoms with Crippen molar-refractivity contribution < 1.29 is 9.59 Å². The number of anilines is 1. The molecule has 1 unspecified atom stereocenters. The topological polar surface area (TPSA) is 88.3 Å². The van der Waals surface area contributed by atoms with Crippen LogP contribution in [-0.4, -0.2) is 40.8 Å². The highest BCUT2D eigenvalue weighted by Gasteiger charge is 2.35. The molecule has 2 amide bonds. The molecule has 1 atom stereocenters. The molecule has 2 heterocycles. The number of halogens is 2. The van der Waals surface area contributed by atoms with Crippen molar-refractivity contribution in [2.24, 2.45) is 17.1 Å². The molecule has 0 bridgehead atoms. The molecule has 9 heteroatoms. The molecule has 1 aliphatic heterocycles. The minimum absolute atomic E-state index is 0. The third kappa shape index (κ3) is 6.40. The number of thiazole rings is 1. The van der Waals surface area contributed by atoms with Crippen LogP contribution in [0.1, 0.15) is 39.8 Å². The first-order valence-corrected chi connectivity index (χ1v) is 8.85. The highest BCUT2D eigenvalue weighted by atomic mass is 35.5. The second kappa shape index (κ2) is 9.71. The quantitative estimate of drug-likeness (QED) is 0.798. The number of nitrogens with one attached hydrogen (secondary N) is 1. The molecule has 0 saturated carbocycles. The zero-order valence-electron chi connectivity index (χ0n) is 15.1. The largest absolute Gasteiger partial charge is 0.342 e. The average Bonchev–Trinajstić information content (AvgIpc) is 2.88. The summed E-state index contributed by atoms with van der Waals surface area (Å²) in [6.07, 6.45) is 1.09. The van der Waals surface area contributed by atoms with E-state index in [-0.39, 0.29) is 60.4 Å². The fraction of sp³-hybridized carbons (Fsp3) is 0.688.